The summed E-state index contributed by atoms with van der Waals surface area (Å²) in [5.74, 6) is 1.37. The van der Waals surface area contributed by atoms with Gasteiger partial charge in [-0.15, -0.1) is 0 Å². The number of nitrogens with one attached hydrogen (secondary N) is 1. The van der Waals surface area contributed by atoms with Crippen LogP contribution in [0.4, 0.5) is 23.1 Å². The van der Waals surface area contributed by atoms with Crippen molar-refractivity contribution in [1.29, 1.82) is 0 Å². The molecule has 0 unspecified atom stereocenters. The fourth-order valence-electron chi connectivity index (χ4n) is 3.12. The van der Waals surface area contributed by atoms with Gasteiger partial charge in [0, 0.05) is 29.9 Å². The van der Waals surface area contributed by atoms with Gasteiger partial charge in [0.05, 0.1) is 5.52 Å². The average molecular weight is 370 g/mol. The molecule has 2 N–H and O–H groups in total. The number of aliphatic hydroxyl groups excluding tert-OH is 1. The zero-order valence-electron chi connectivity index (χ0n) is 15.5. The van der Waals surface area contributed by atoms with Crippen molar-refractivity contribution < 1.29 is 5.11 Å². The molecule has 0 radical (unpaired) electrons. The van der Waals surface area contributed by atoms with Gasteiger partial charge in [-0.2, -0.15) is 4.98 Å². The van der Waals surface area contributed by atoms with E-state index in [2.05, 4.69) is 5.32 Å². The second kappa shape index (κ2) is 8.50. The van der Waals surface area contributed by atoms with Crippen molar-refractivity contribution in [3.8, 4) is 0 Å². The number of nitrogens with zero attached hydrogens (tertiary/aromatic N) is 3. The first kappa shape index (κ1) is 17.9. The van der Waals surface area contributed by atoms with Gasteiger partial charge < -0.3 is 10.4 Å². The highest BCUT2D eigenvalue weighted by Crippen LogP contribution is 2.34. The maximum atomic E-state index is 9.12. The van der Waals surface area contributed by atoms with E-state index in [4.69, 9.17) is 15.1 Å². The van der Waals surface area contributed by atoms with Gasteiger partial charge in [0.15, 0.2) is 0 Å². The molecule has 5 heteroatoms. The summed E-state index contributed by atoms with van der Waals surface area (Å²) in [6.07, 6.45) is 0.661. The fourth-order valence-corrected chi connectivity index (χ4v) is 3.12. The molecule has 0 aliphatic heterocycles. The van der Waals surface area contributed by atoms with Crippen LogP contribution in [-0.4, -0.2) is 28.2 Å². The molecule has 1 heterocycles. The van der Waals surface area contributed by atoms with Gasteiger partial charge in [-0.1, -0.05) is 48.5 Å². The number of aromatic nitrogens is 2. The second-order valence-electron chi connectivity index (χ2n) is 6.40. The fraction of sp³-hybridized carbons (Fsp3) is 0.130. The van der Waals surface area contributed by atoms with Crippen molar-refractivity contribution in [2.45, 2.75) is 6.42 Å². The minimum absolute atomic E-state index is 0.142. The molecule has 4 aromatic rings. The highest BCUT2D eigenvalue weighted by Gasteiger charge is 2.17. The number of hydrogen-bond acceptors (Lipinski definition) is 5. The Bertz CT molecular complexity index is 999. The molecule has 0 saturated carbocycles. The average Bonchev–Trinajstić information content (AvgIpc) is 2.76. The molecule has 0 aliphatic carbocycles. The Balaban J connectivity index is 1.86. The highest BCUT2D eigenvalue weighted by molar-refractivity contribution is 5.91. The van der Waals surface area contributed by atoms with Gasteiger partial charge in [-0.05, 0) is 42.8 Å². The van der Waals surface area contributed by atoms with Gasteiger partial charge >= 0.3 is 0 Å². The molecule has 0 saturated heterocycles. The van der Waals surface area contributed by atoms with Crippen molar-refractivity contribution in [1.82, 2.24) is 9.97 Å². The maximum Gasteiger partial charge on any atom is 0.237 e. The van der Waals surface area contributed by atoms with Crippen LogP contribution >= 0.6 is 0 Å². The number of benzene rings is 3. The Labute approximate surface area is 164 Å². The lowest BCUT2D eigenvalue weighted by Gasteiger charge is -2.24. The molecule has 0 atom stereocenters. The third-order valence-corrected chi connectivity index (χ3v) is 4.45. The maximum absolute atomic E-state index is 9.12. The number of para-hydroxylation sites is 3. The first-order chi connectivity index (χ1) is 13.9. The van der Waals surface area contributed by atoms with E-state index in [9.17, 15) is 0 Å². The molecule has 5 nitrogen and oxygen atoms in total. The minimum Gasteiger partial charge on any atom is -0.396 e. The first-order valence-electron chi connectivity index (χ1n) is 9.38. The largest absolute Gasteiger partial charge is 0.396 e. The van der Waals surface area contributed by atoms with Crippen LogP contribution in [0.3, 0.4) is 0 Å². The van der Waals surface area contributed by atoms with Gasteiger partial charge in [0.2, 0.25) is 5.95 Å². The summed E-state index contributed by atoms with van der Waals surface area (Å²) >= 11 is 0. The number of hydrogen-bond donors (Lipinski definition) is 2. The summed E-state index contributed by atoms with van der Waals surface area (Å²) in [6, 6.07) is 28.2. The molecule has 3 aromatic carbocycles. The highest BCUT2D eigenvalue weighted by atomic mass is 16.3. The Kier molecular flexibility index (Phi) is 5.45. The van der Waals surface area contributed by atoms with Crippen LogP contribution in [0.2, 0.25) is 0 Å². The summed E-state index contributed by atoms with van der Waals surface area (Å²) in [5.41, 5.74) is 2.85. The second-order valence-corrected chi connectivity index (χ2v) is 6.40. The van der Waals surface area contributed by atoms with Gasteiger partial charge in [-0.3, -0.25) is 4.90 Å². The van der Waals surface area contributed by atoms with Crippen LogP contribution in [0, 0.1) is 0 Å². The predicted octanol–water partition coefficient (Wildman–Crippen LogP) is 4.89. The molecule has 0 bridgehead atoms. The number of aliphatic hydroxyl groups is 1. The van der Waals surface area contributed by atoms with E-state index < -0.39 is 0 Å². The minimum atomic E-state index is 0.142. The number of rotatable bonds is 7. The van der Waals surface area contributed by atoms with Gasteiger partial charge in [0.25, 0.3) is 0 Å². The van der Waals surface area contributed by atoms with Gasteiger partial charge in [-0.25, -0.2) is 4.98 Å². The summed E-state index contributed by atoms with van der Waals surface area (Å²) in [6.45, 7) is 0.788. The van der Waals surface area contributed by atoms with Crippen molar-refractivity contribution in [2.75, 3.05) is 23.4 Å². The quantitative estimate of drug-likeness (QED) is 0.453. The molecule has 0 aliphatic rings. The molecule has 0 fully saturated rings. The Morgan fingerprint density at radius 2 is 1.36 bits per heavy atom. The molecule has 28 heavy (non-hydrogen) atoms. The lowest BCUT2D eigenvalue weighted by molar-refractivity contribution is 0.292. The summed E-state index contributed by atoms with van der Waals surface area (Å²) in [4.78, 5) is 11.7. The normalized spacial score (nSPS) is 10.8. The molecular weight excluding hydrogens is 348 g/mol. The van der Waals surface area contributed by atoms with Crippen LogP contribution in [0.25, 0.3) is 10.9 Å². The number of fused-ring (bicyclic) bond motifs is 1. The van der Waals surface area contributed by atoms with Crippen molar-refractivity contribution >= 4 is 34.0 Å². The smallest absolute Gasteiger partial charge is 0.237 e. The summed E-state index contributed by atoms with van der Waals surface area (Å²) in [5, 5.41) is 13.4. The zero-order valence-corrected chi connectivity index (χ0v) is 15.5. The molecule has 1 aromatic heterocycles. The van der Waals surface area contributed by atoms with E-state index in [1.807, 2.05) is 89.8 Å². The molecule has 140 valence electrons. The third kappa shape index (κ3) is 3.80. The monoisotopic (exact) mass is 370 g/mol. The van der Waals surface area contributed by atoms with Gasteiger partial charge in [0.1, 0.15) is 5.82 Å². The zero-order chi connectivity index (χ0) is 19.2. The van der Waals surface area contributed by atoms with Crippen LogP contribution in [0.5, 0.6) is 0 Å². The van der Waals surface area contributed by atoms with Crippen molar-refractivity contribution in [2.24, 2.45) is 0 Å². The molecule has 0 amide bonds. The van der Waals surface area contributed by atoms with E-state index in [1.165, 1.54) is 0 Å². The van der Waals surface area contributed by atoms with Crippen molar-refractivity contribution in [3.05, 3.63) is 84.9 Å². The van der Waals surface area contributed by atoms with Crippen LogP contribution < -0.4 is 10.2 Å². The molecule has 0 spiro atoms. The summed E-state index contributed by atoms with van der Waals surface area (Å²) in [7, 11) is 0. The first-order valence-corrected chi connectivity index (χ1v) is 9.38. The molecular formula is C23H22N4O. The topological polar surface area (TPSA) is 61.3 Å². The Morgan fingerprint density at radius 3 is 2.00 bits per heavy atom. The third-order valence-electron chi connectivity index (χ3n) is 4.45. The Morgan fingerprint density at radius 1 is 0.750 bits per heavy atom. The van der Waals surface area contributed by atoms with Crippen LogP contribution in [-0.2, 0) is 0 Å². The Hall–Kier alpha value is -3.44. The van der Waals surface area contributed by atoms with E-state index >= 15 is 0 Å². The summed E-state index contributed by atoms with van der Waals surface area (Å²) < 4.78 is 0. The lowest BCUT2D eigenvalue weighted by Crippen LogP contribution is -2.15. The number of anilines is 4. The molecule has 4 rings (SSSR count). The SMILES string of the molecule is OCCCNc1nc(N(c2ccccc2)c2ccccc2)nc2ccccc12. The van der Waals surface area contributed by atoms with Crippen LogP contribution in [0.15, 0.2) is 84.9 Å². The lowest BCUT2D eigenvalue weighted by atomic mass is 10.2. The van der Waals surface area contributed by atoms with Crippen molar-refractivity contribution in [3.63, 3.8) is 0 Å². The standard InChI is InChI=1S/C23H22N4O/c28-17-9-16-24-22-20-14-7-8-15-21(20)25-23(26-22)27(18-10-3-1-4-11-18)19-12-5-2-6-13-19/h1-8,10-15,28H,9,16-17H2,(H,24,25,26). The van der Waals surface area contributed by atoms with Crippen LogP contribution in [0.1, 0.15) is 6.42 Å². The van der Waals surface area contributed by atoms with E-state index in [-0.39, 0.29) is 6.61 Å². The van der Waals surface area contributed by atoms with E-state index in [1.54, 1.807) is 0 Å². The van der Waals surface area contributed by atoms with E-state index in [0.29, 0.717) is 18.9 Å². The predicted molar refractivity (Wildman–Crippen MR) is 114 cm³/mol. The van der Waals surface area contributed by atoms with E-state index in [0.717, 1.165) is 28.1 Å².